The van der Waals surface area contributed by atoms with E-state index in [1.54, 1.807) is 24.3 Å². The minimum atomic E-state index is -3.44. The smallest absolute Gasteiger partial charge is 0.253 e. The third kappa shape index (κ3) is 4.20. The molecule has 8 heteroatoms. The van der Waals surface area contributed by atoms with E-state index in [9.17, 15) is 18.0 Å². The van der Waals surface area contributed by atoms with Crippen LogP contribution in [0.5, 0.6) is 0 Å². The highest BCUT2D eigenvalue weighted by atomic mass is 32.2. The number of aromatic amines is 1. The van der Waals surface area contributed by atoms with E-state index >= 15 is 0 Å². The minimum Gasteiger partial charge on any atom is -0.348 e. The number of H-pyrrole nitrogens is 1. The fourth-order valence-electron chi connectivity index (χ4n) is 2.87. The maximum absolute atomic E-state index is 12.6. The van der Waals surface area contributed by atoms with Gasteiger partial charge < -0.3 is 10.3 Å². The molecular formula is C18H21N3O4S. The van der Waals surface area contributed by atoms with Crippen LogP contribution in [0.15, 0.2) is 52.3 Å². The van der Waals surface area contributed by atoms with Crippen LogP contribution in [0, 0.1) is 0 Å². The molecule has 26 heavy (non-hydrogen) atoms. The molecule has 2 N–H and O–H groups in total. The zero-order valence-corrected chi connectivity index (χ0v) is 15.1. The summed E-state index contributed by atoms with van der Waals surface area (Å²) in [5.74, 6) is -0.314. The number of carbonyl (C=O) groups excluding carboxylic acids is 1. The number of aromatic nitrogens is 1. The van der Waals surface area contributed by atoms with E-state index in [2.05, 4.69) is 10.3 Å². The molecule has 0 spiro atoms. The molecule has 1 saturated heterocycles. The van der Waals surface area contributed by atoms with Gasteiger partial charge in [-0.2, -0.15) is 4.31 Å². The van der Waals surface area contributed by atoms with Gasteiger partial charge in [0, 0.05) is 31.9 Å². The average molecular weight is 375 g/mol. The predicted octanol–water partition coefficient (Wildman–Crippen LogP) is 1.48. The van der Waals surface area contributed by atoms with Crippen LogP contribution in [0.2, 0.25) is 0 Å². The lowest BCUT2D eigenvalue weighted by Gasteiger charge is -2.25. The number of piperidine rings is 1. The lowest BCUT2D eigenvalue weighted by Crippen LogP contribution is -2.35. The molecule has 0 radical (unpaired) electrons. The van der Waals surface area contributed by atoms with Crippen molar-refractivity contribution in [3.63, 3.8) is 0 Å². The number of hydrogen-bond donors (Lipinski definition) is 2. The molecule has 1 aromatic carbocycles. The van der Waals surface area contributed by atoms with Crippen molar-refractivity contribution in [2.45, 2.75) is 30.7 Å². The molecule has 1 aliphatic heterocycles. The first-order valence-electron chi connectivity index (χ1n) is 8.53. The Morgan fingerprint density at radius 1 is 1.04 bits per heavy atom. The summed E-state index contributed by atoms with van der Waals surface area (Å²) in [6, 6.07) is 9.28. The third-order valence-corrected chi connectivity index (χ3v) is 6.29. The number of nitrogens with one attached hydrogen (secondary N) is 2. The summed E-state index contributed by atoms with van der Waals surface area (Å²) in [4.78, 5) is 25.8. The first kappa shape index (κ1) is 18.3. The van der Waals surface area contributed by atoms with Crippen LogP contribution in [0.4, 0.5) is 0 Å². The van der Waals surface area contributed by atoms with E-state index in [1.807, 2.05) is 0 Å². The second-order valence-corrected chi connectivity index (χ2v) is 8.17. The molecule has 1 fully saturated rings. The van der Waals surface area contributed by atoms with Crippen molar-refractivity contribution in [1.82, 2.24) is 14.6 Å². The first-order chi connectivity index (χ1) is 12.5. The van der Waals surface area contributed by atoms with Gasteiger partial charge in [0.25, 0.3) is 5.91 Å². The number of nitrogens with zero attached hydrogens (tertiary/aromatic N) is 1. The van der Waals surface area contributed by atoms with Crippen LogP contribution < -0.4 is 10.9 Å². The number of amides is 1. The summed E-state index contributed by atoms with van der Waals surface area (Å²) in [5, 5.41) is 2.74. The monoisotopic (exact) mass is 375 g/mol. The SMILES string of the molecule is O=C(NCc1ccc(S(=O)(=O)N2CCCCC2)cc1)c1ccc(=O)[nH]c1. The van der Waals surface area contributed by atoms with Crippen LogP contribution in [0.3, 0.4) is 0 Å². The van der Waals surface area contributed by atoms with Gasteiger partial charge in [-0.1, -0.05) is 18.6 Å². The Balaban J connectivity index is 1.63. The van der Waals surface area contributed by atoms with Gasteiger partial charge >= 0.3 is 0 Å². The quantitative estimate of drug-likeness (QED) is 0.827. The van der Waals surface area contributed by atoms with Crippen molar-refractivity contribution in [3.05, 3.63) is 64.1 Å². The first-order valence-corrected chi connectivity index (χ1v) is 9.97. The fourth-order valence-corrected chi connectivity index (χ4v) is 4.39. The van der Waals surface area contributed by atoms with Gasteiger partial charge in [-0.25, -0.2) is 8.42 Å². The number of benzene rings is 1. The van der Waals surface area contributed by atoms with Gasteiger partial charge in [-0.3, -0.25) is 9.59 Å². The second-order valence-electron chi connectivity index (χ2n) is 6.23. The highest BCUT2D eigenvalue weighted by Gasteiger charge is 2.25. The standard InChI is InChI=1S/C18H21N3O4S/c22-17-9-6-15(13-19-17)18(23)20-12-14-4-7-16(8-5-14)26(24,25)21-10-2-1-3-11-21/h4-9,13H,1-3,10-12H2,(H,19,22)(H,20,23). The van der Waals surface area contributed by atoms with Gasteiger partial charge in [0.1, 0.15) is 0 Å². The Labute approximate surface area is 152 Å². The number of carbonyl (C=O) groups is 1. The highest BCUT2D eigenvalue weighted by molar-refractivity contribution is 7.89. The van der Waals surface area contributed by atoms with Crippen molar-refractivity contribution in [1.29, 1.82) is 0 Å². The second kappa shape index (κ2) is 7.84. The number of rotatable bonds is 5. The van der Waals surface area contributed by atoms with Gasteiger partial charge in [0.15, 0.2) is 0 Å². The summed E-state index contributed by atoms with van der Waals surface area (Å²) >= 11 is 0. The molecular weight excluding hydrogens is 354 g/mol. The normalized spacial score (nSPS) is 15.5. The van der Waals surface area contributed by atoms with E-state index in [1.165, 1.54) is 22.6 Å². The summed E-state index contributed by atoms with van der Waals surface area (Å²) < 4.78 is 26.7. The zero-order chi connectivity index (χ0) is 18.6. The Bertz CT molecular complexity index is 909. The molecule has 3 rings (SSSR count). The highest BCUT2D eigenvalue weighted by Crippen LogP contribution is 2.20. The molecule has 0 bridgehead atoms. The molecule has 0 saturated carbocycles. The van der Waals surface area contributed by atoms with E-state index in [-0.39, 0.29) is 22.9 Å². The summed E-state index contributed by atoms with van der Waals surface area (Å²) in [7, 11) is -3.44. The third-order valence-electron chi connectivity index (χ3n) is 4.38. The van der Waals surface area contributed by atoms with Crippen LogP contribution in [0.1, 0.15) is 35.2 Å². The number of sulfonamides is 1. The Morgan fingerprint density at radius 2 is 1.73 bits per heavy atom. The zero-order valence-electron chi connectivity index (χ0n) is 14.3. The molecule has 1 amide bonds. The van der Waals surface area contributed by atoms with Crippen molar-refractivity contribution in [3.8, 4) is 0 Å². The number of hydrogen-bond acceptors (Lipinski definition) is 4. The summed E-state index contributed by atoms with van der Waals surface area (Å²) in [5.41, 5.74) is 0.876. The van der Waals surface area contributed by atoms with Crippen LogP contribution >= 0.6 is 0 Å². The molecule has 2 aromatic rings. The Morgan fingerprint density at radius 3 is 2.35 bits per heavy atom. The largest absolute Gasteiger partial charge is 0.348 e. The molecule has 0 aliphatic carbocycles. The number of pyridine rings is 1. The van der Waals surface area contributed by atoms with Crippen molar-refractivity contribution in [2.75, 3.05) is 13.1 Å². The van der Waals surface area contributed by atoms with Crippen molar-refractivity contribution in [2.24, 2.45) is 0 Å². The molecule has 1 aromatic heterocycles. The van der Waals surface area contributed by atoms with Crippen LogP contribution in [-0.4, -0.2) is 36.7 Å². The van der Waals surface area contributed by atoms with Crippen LogP contribution in [-0.2, 0) is 16.6 Å². The molecule has 0 unspecified atom stereocenters. The van der Waals surface area contributed by atoms with Crippen molar-refractivity contribution >= 4 is 15.9 Å². The molecule has 7 nitrogen and oxygen atoms in total. The summed E-state index contributed by atoms with van der Waals surface area (Å²) in [6.45, 7) is 1.40. The lowest BCUT2D eigenvalue weighted by molar-refractivity contribution is 0.0950. The topological polar surface area (TPSA) is 99.3 Å². The maximum Gasteiger partial charge on any atom is 0.253 e. The predicted molar refractivity (Wildman–Crippen MR) is 97.3 cm³/mol. The van der Waals surface area contributed by atoms with Gasteiger partial charge in [0.05, 0.1) is 10.5 Å². The minimum absolute atomic E-state index is 0.266. The fraction of sp³-hybridized carbons (Fsp3) is 0.333. The van der Waals surface area contributed by atoms with Gasteiger partial charge in [-0.15, -0.1) is 0 Å². The van der Waals surface area contributed by atoms with E-state index in [4.69, 9.17) is 0 Å². The van der Waals surface area contributed by atoms with E-state index in [0.717, 1.165) is 24.8 Å². The Hall–Kier alpha value is -2.45. The summed E-state index contributed by atoms with van der Waals surface area (Å²) in [6.07, 6.45) is 4.22. The van der Waals surface area contributed by atoms with E-state index < -0.39 is 10.0 Å². The average Bonchev–Trinajstić information content (AvgIpc) is 2.67. The van der Waals surface area contributed by atoms with E-state index in [0.29, 0.717) is 18.7 Å². The molecule has 1 aliphatic rings. The maximum atomic E-state index is 12.6. The molecule has 138 valence electrons. The molecule has 0 atom stereocenters. The van der Waals surface area contributed by atoms with Crippen LogP contribution in [0.25, 0.3) is 0 Å². The lowest BCUT2D eigenvalue weighted by atomic mass is 10.2. The van der Waals surface area contributed by atoms with Gasteiger partial charge in [0.2, 0.25) is 15.6 Å². The Kier molecular flexibility index (Phi) is 5.53. The molecule has 2 heterocycles. The van der Waals surface area contributed by atoms with Gasteiger partial charge in [-0.05, 0) is 36.6 Å². The van der Waals surface area contributed by atoms with Crippen molar-refractivity contribution < 1.29 is 13.2 Å².